The highest BCUT2D eigenvalue weighted by Gasteiger charge is 2.26. The van der Waals surface area contributed by atoms with Crippen molar-refractivity contribution in [2.45, 2.75) is 38.4 Å². The van der Waals surface area contributed by atoms with Crippen molar-refractivity contribution in [2.24, 2.45) is 0 Å². The minimum Gasteiger partial charge on any atom is -0.396 e. The van der Waals surface area contributed by atoms with E-state index in [4.69, 9.17) is 0 Å². The molecule has 0 radical (unpaired) electrons. The van der Waals surface area contributed by atoms with Crippen LogP contribution >= 0.6 is 0 Å². The lowest BCUT2D eigenvalue weighted by Gasteiger charge is -2.30. The van der Waals surface area contributed by atoms with Gasteiger partial charge in [-0.1, -0.05) is 6.07 Å². The van der Waals surface area contributed by atoms with Gasteiger partial charge in [-0.3, -0.25) is 9.88 Å². The fourth-order valence-electron chi connectivity index (χ4n) is 2.73. The fraction of sp³-hybridized carbons (Fsp3) is 0.667. The first-order chi connectivity index (χ1) is 9.20. The van der Waals surface area contributed by atoms with Gasteiger partial charge in [-0.2, -0.15) is 0 Å². The molecule has 0 aromatic carbocycles. The van der Waals surface area contributed by atoms with Crippen molar-refractivity contribution in [2.75, 3.05) is 26.7 Å². The standard InChI is InChI=1S/C15H25N3O/c1-13-6-9-17(2)15(7-10-19)12-18(13)11-14-5-3-4-8-16-14/h3-5,8,13,15,19H,6-7,9-12H2,1-2H3. The highest BCUT2D eigenvalue weighted by molar-refractivity contribution is 5.04. The lowest BCUT2D eigenvalue weighted by atomic mass is 10.1. The van der Waals surface area contributed by atoms with E-state index in [-0.39, 0.29) is 6.61 Å². The van der Waals surface area contributed by atoms with Gasteiger partial charge in [0, 0.05) is 38.0 Å². The summed E-state index contributed by atoms with van der Waals surface area (Å²) >= 11 is 0. The first-order valence-corrected chi connectivity index (χ1v) is 7.15. The van der Waals surface area contributed by atoms with Crippen LogP contribution in [0.4, 0.5) is 0 Å². The Labute approximate surface area is 116 Å². The van der Waals surface area contributed by atoms with Gasteiger partial charge in [0.1, 0.15) is 0 Å². The molecular weight excluding hydrogens is 238 g/mol. The van der Waals surface area contributed by atoms with Gasteiger partial charge in [-0.25, -0.2) is 0 Å². The van der Waals surface area contributed by atoms with Gasteiger partial charge in [0.05, 0.1) is 5.69 Å². The lowest BCUT2D eigenvalue weighted by molar-refractivity contribution is 0.147. The largest absolute Gasteiger partial charge is 0.396 e. The second-order valence-electron chi connectivity index (χ2n) is 5.53. The molecule has 0 saturated carbocycles. The van der Waals surface area contributed by atoms with Gasteiger partial charge in [-0.15, -0.1) is 0 Å². The quantitative estimate of drug-likeness (QED) is 0.890. The zero-order valence-electron chi connectivity index (χ0n) is 12.0. The van der Waals surface area contributed by atoms with Crippen LogP contribution in [0.15, 0.2) is 24.4 Å². The van der Waals surface area contributed by atoms with Crippen molar-refractivity contribution in [1.29, 1.82) is 0 Å². The second-order valence-corrected chi connectivity index (χ2v) is 5.53. The van der Waals surface area contributed by atoms with E-state index in [2.05, 4.69) is 34.8 Å². The Hall–Kier alpha value is -0.970. The molecule has 4 heteroatoms. The van der Waals surface area contributed by atoms with E-state index < -0.39 is 0 Å². The Morgan fingerprint density at radius 2 is 2.26 bits per heavy atom. The lowest BCUT2D eigenvalue weighted by Crippen LogP contribution is -2.41. The average molecular weight is 263 g/mol. The first kappa shape index (κ1) is 14.4. The minimum atomic E-state index is 0.265. The molecule has 1 N–H and O–H groups in total. The predicted octanol–water partition coefficient (Wildman–Crippen LogP) is 1.36. The fourth-order valence-corrected chi connectivity index (χ4v) is 2.73. The van der Waals surface area contributed by atoms with E-state index in [1.807, 2.05) is 18.3 Å². The van der Waals surface area contributed by atoms with Crippen LogP contribution < -0.4 is 0 Å². The van der Waals surface area contributed by atoms with Crippen molar-refractivity contribution >= 4 is 0 Å². The van der Waals surface area contributed by atoms with Crippen molar-refractivity contribution in [3.05, 3.63) is 30.1 Å². The van der Waals surface area contributed by atoms with Crippen molar-refractivity contribution in [3.63, 3.8) is 0 Å². The molecule has 0 amide bonds. The third-order valence-corrected chi connectivity index (χ3v) is 4.15. The van der Waals surface area contributed by atoms with E-state index in [9.17, 15) is 5.11 Å². The Kier molecular flexibility index (Phi) is 5.31. The van der Waals surface area contributed by atoms with E-state index in [1.165, 1.54) is 6.42 Å². The third-order valence-electron chi connectivity index (χ3n) is 4.15. The molecule has 106 valence electrons. The van der Waals surface area contributed by atoms with Gasteiger partial charge < -0.3 is 10.0 Å². The maximum atomic E-state index is 9.21. The number of aromatic nitrogens is 1. The molecule has 0 bridgehead atoms. The first-order valence-electron chi connectivity index (χ1n) is 7.15. The molecule has 1 fully saturated rings. The molecule has 1 saturated heterocycles. The van der Waals surface area contributed by atoms with Gasteiger partial charge in [0.25, 0.3) is 0 Å². The average Bonchev–Trinajstić information content (AvgIpc) is 2.55. The van der Waals surface area contributed by atoms with Crippen LogP contribution in [-0.2, 0) is 6.54 Å². The summed E-state index contributed by atoms with van der Waals surface area (Å²) in [5, 5.41) is 9.21. The summed E-state index contributed by atoms with van der Waals surface area (Å²) < 4.78 is 0. The molecule has 0 aliphatic carbocycles. The molecule has 4 nitrogen and oxygen atoms in total. The van der Waals surface area contributed by atoms with Crippen LogP contribution in [0.25, 0.3) is 0 Å². The molecule has 0 spiro atoms. The monoisotopic (exact) mass is 263 g/mol. The normalized spacial score (nSPS) is 26.3. The topological polar surface area (TPSA) is 39.6 Å². The van der Waals surface area contributed by atoms with Crippen LogP contribution in [0.1, 0.15) is 25.5 Å². The minimum absolute atomic E-state index is 0.265. The van der Waals surface area contributed by atoms with E-state index >= 15 is 0 Å². The molecule has 2 rings (SSSR count). The number of hydrogen-bond donors (Lipinski definition) is 1. The molecule has 2 unspecified atom stereocenters. The van der Waals surface area contributed by atoms with Crippen LogP contribution in [0, 0.1) is 0 Å². The van der Waals surface area contributed by atoms with E-state index in [1.54, 1.807) is 0 Å². The molecule has 1 aromatic heterocycles. The summed E-state index contributed by atoms with van der Waals surface area (Å²) in [4.78, 5) is 9.30. The van der Waals surface area contributed by atoms with Crippen LogP contribution in [-0.4, -0.2) is 58.7 Å². The number of likely N-dealkylation sites (N-methyl/N-ethyl adjacent to an activating group) is 1. The molecule has 19 heavy (non-hydrogen) atoms. The highest BCUT2D eigenvalue weighted by Crippen LogP contribution is 2.18. The summed E-state index contributed by atoms with van der Waals surface area (Å²) in [5.41, 5.74) is 1.13. The number of nitrogens with zero attached hydrogens (tertiary/aromatic N) is 3. The maximum Gasteiger partial charge on any atom is 0.0544 e. The van der Waals surface area contributed by atoms with Gasteiger partial charge in [-0.05, 0) is 45.5 Å². The third kappa shape index (κ3) is 4.00. The summed E-state index contributed by atoms with van der Waals surface area (Å²) in [6.07, 6.45) is 3.88. The zero-order chi connectivity index (χ0) is 13.7. The van der Waals surface area contributed by atoms with Crippen LogP contribution in [0.5, 0.6) is 0 Å². The molecule has 1 aliphatic rings. The predicted molar refractivity (Wildman–Crippen MR) is 76.8 cm³/mol. The van der Waals surface area contributed by atoms with Gasteiger partial charge >= 0.3 is 0 Å². The SMILES string of the molecule is CC1CCN(C)C(CCO)CN1Cc1ccccn1. The molecular formula is C15H25N3O. The zero-order valence-corrected chi connectivity index (χ0v) is 12.0. The number of hydrogen-bond acceptors (Lipinski definition) is 4. The number of aliphatic hydroxyl groups excluding tert-OH is 1. The number of rotatable bonds is 4. The Morgan fingerprint density at radius 1 is 1.42 bits per heavy atom. The summed E-state index contributed by atoms with van der Waals surface area (Å²) in [5.74, 6) is 0. The summed E-state index contributed by atoms with van der Waals surface area (Å²) in [6, 6.07) is 7.09. The van der Waals surface area contributed by atoms with E-state index in [0.29, 0.717) is 12.1 Å². The maximum absolute atomic E-state index is 9.21. The summed E-state index contributed by atoms with van der Waals surface area (Å²) in [6.45, 7) is 5.57. The molecule has 1 aromatic rings. The van der Waals surface area contributed by atoms with Crippen molar-refractivity contribution < 1.29 is 5.11 Å². The van der Waals surface area contributed by atoms with Crippen molar-refractivity contribution in [3.8, 4) is 0 Å². The van der Waals surface area contributed by atoms with Gasteiger partial charge in [0.15, 0.2) is 0 Å². The summed E-state index contributed by atoms with van der Waals surface area (Å²) in [7, 11) is 2.16. The van der Waals surface area contributed by atoms with Crippen LogP contribution in [0.2, 0.25) is 0 Å². The van der Waals surface area contributed by atoms with Crippen LogP contribution in [0.3, 0.4) is 0 Å². The Bertz CT molecular complexity index is 371. The van der Waals surface area contributed by atoms with E-state index in [0.717, 1.165) is 31.7 Å². The smallest absolute Gasteiger partial charge is 0.0544 e. The highest BCUT2D eigenvalue weighted by atomic mass is 16.3. The Morgan fingerprint density at radius 3 is 2.95 bits per heavy atom. The number of aliphatic hydroxyl groups is 1. The number of pyridine rings is 1. The molecule has 2 atom stereocenters. The second kappa shape index (κ2) is 6.98. The Balaban J connectivity index is 2.04. The molecule has 1 aliphatic heterocycles. The van der Waals surface area contributed by atoms with Gasteiger partial charge in [0.2, 0.25) is 0 Å². The van der Waals surface area contributed by atoms with Crippen molar-refractivity contribution in [1.82, 2.24) is 14.8 Å². The molecule has 2 heterocycles.